The molecule has 1 aromatic rings. The molecular formula is C8H11N3O3. The van der Waals surface area contributed by atoms with Gasteiger partial charge in [-0.3, -0.25) is 10.1 Å². The molecule has 6 heteroatoms. The summed E-state index contributed by atoms with van der Waals surface area (Å²) in [5, 5.41) is 10.6. The lowest BCUT2D eigenvalue weighted by Crippen LogP contribution is -2.07. The van der Waals surface area contributed by atoms with Crippen LogP contribution in [0, 0.1) is 10.1 Å². The van der Waals surface area contributed by atoms with Gasteiger partial charge in [0.25, 0.3) is 5.69 Å². The van der Waals surface area contributed by atoms with E-state index in [1.807, 2.05) is 0 Å². The molecule has 0 spiro atoms. The van der Waals surface area contributed by atoms with Crippen molar-refractivity contribution in [2.45, 2.75) is 6.42 Å². The van der Waals surface area contributed by atoms with Gasteiger partial charge in [0, 0.05) is 18.6 Å². The summed E-state index contributed by atoms with van der Waals surface area (Å²) in [5.41, 5.74) is 5.66. The standard InChI is InChI=1S/C8H11N3O3/c1-14-8-3-2-7(11(12)13)6(10-8)4-5-9/h2-3H,4-5,9H2,1H3. The van der Waals surface area contributed by atoms with E-state index in [2.05, 4.69) is 4.98 Å². The minimum absolute atomic E-state index is 0.0174. The first-order valence-corrected chi connectivity index (χ1v) is 4.07. The molecular weight excluding hydrogens is 186 g/mol. The minimum atomic E-state index is -0.475. The third kappa shape index (κ3) is 2.17. The van der Waals surface area contributed by atoms with E-state index < -0.39 is 4.92 Å². The Bertz CT molecular complexity index is 341. The van der Waals surface area contributed by atoms with Crippen molar-refractivity contribution in [2.24, 2.45) is 5.73 Å². The maximum Gasteiger partial charge on any atom is 0.291 e. The zero-order valence-corrected chi connectivity index (χ0v) is 7.77. The van der Waals surface area contributed by atoms with E-state index in [1.165, 1.54) is 19.2 Å². The highest BCUT2D eigenvalue weighted by Gasteiger charge is 2.14. The highest BCUT2D eigenvalue weighted by Crippen LogP contribution is 2.19. The Labute approximate surface area is 80.9 Å². The number of nitrogens with two attached hydrogens (primary N) is 1. The number of ether oxygens (including phenoxy) is 1. The van der Waals surface area contributed by atoms with Crippen LogP contribution in [-0.4, -0.2) is 23.6 Å². The van der Waals surface area contributed by atoms with E-state index in [4.69, 9.17) is 10.5 Å². The zero-order valence-electron chi connectivity index (χ0n) is 7.77. The topological polar surface area (TPSA) is 91.3 Å². The summed E-state index contributed by atoms with van der Waals surface area (Å²) in [6.07, 6.45) is 0.369. The molecule has 14 heavy (non-hydrogen) atoms. The average molecular weight is 197 g/mol. The molecule has 0 radical (unpaired) electrons. The van der Waals surface area contributed by atoms with E-state index >= 15 is 0 Å². The van der Waals surface area contributed by atoms with Crippen LogP contribution in [0.3, 0.4) is 0 Å². The predicted octanol–water partition coefficient (Wildman–Crippen LogP) is 0.500. The van der Waals surface area contributed by atoms with Crippen LogP contribution < -0.4 is 10.5 Å². The van der Waals surface area contributed by atoms with Crippen molar-refractivity contribution in [2.75, 3.05) is 13.7 Å². The van der Waals surface area contributed by atoms with Crippen molar-refractivity contribution >= 4 is 5.69 Å². The summed E-state index contributed by atoms with van der Waals surface area (Å²) in [4.78, 5) is 14.1. The maximum absolute atomic E-state index is 10.6. The molecule has 1 rings (SSSR count). The van der Waals surface area contributed by atoms with Crippen LogP contribution in [0.4, 0.5) is 5.69 Å². The van der Waals surface area contributed by atoms with Crippen molar-refractivity contribution in [3.05, 3.63) is 27.9 Å². The van der Waals surface area contributed by atoms with Crippen LogP contribution in [0.2, 0.25) is 0 Å². The molecule has 1 aromatic heterocycles. The monoisotopic (exact) mass is 197 g/mol. The van der Waals surface area contributed by atoms with Crippen molar-refractivity contribution < 1.29 is 9.66 Å². The average Bonchev–Trinajstić information content (AvgIpc) is 2.17. The summed E-state index contributed by atoms with van der Waals surface area (Å²) in [5.74, 6) is 0.360. The van der Waals surface area contributed by atoms with Gasteiger partial charge in [0.2, 0.25) is 5.88 Å². The lowest BCUT2D eigenvalue weighted by molar-refractivity contribution is -0.385. The number of methoxy groups -OCH3 is 1. The fraction of sp³-hybridized carbons (Fsp3) is 0.375. The first-order chi connectivity index (χ1) is 6.69. The van der Waals surface area contributed by atoms with E-state index in [-0.39, 0.29) is 5.69 Å². The first kappa shape index (κ1) is 10.4. The molecule has 0 aromatic carbocycles. The molecule has 76 valence electrons. The Morgan fingerprint density at radius 2 is 2.36 bits per heavy atom. The highest BCUT2D eigenvalue weighted by molar-refractivity contribution is 5.38. The van der Waals surface area contributed by atoms with Gasteiger partial charge < -0.3 is 10.5 Å². The van der Waals surface area contributed by atoms with Gasteiger partial charge in [-0.15, -0.1) is 0 Å². The summed E-state index contributed by atoms with van der Waals surface area (Å²) < 4.78 is 4.86. The van der Waals surface area contributed by atoms with E-state index in [0.717, 1.165) is 0 Å². The molecule has 1 heterocycles. The van der Waals surface area contributed by atoms with Gasteiger partial charge in [-0.1, -0.05) is 0 Å². The summed E-state index contributed by atoms with van der Waals surface area (Å²) >= 11 is 0. The van der Waals surface area contributed by atoms with E-state index in [9.17, 15) is 10.1 Å². The maximum atomic E-state index is 10.6. The van der Waals surface area contributed by atoms with Crippen molar-refractivity contribution in [1.82, 2.24) is 4.98 Å². The minimum Gasteiger partial charge on any atom is -0.481 e. The second-order valence-corrected chi connectivity index (χ2v) is 2.62. The highest BCUT2D eigenvalue weighted by atomic mass is 16.6. The molecule has 0 amide bonds. The van der Waals surface area contributed by atoms with Gasteiger partial charge in [-0.05, 0) is 6.54 Å². The molecule has 0 fully saturated rings. The van der Waals surface area contributed by atoms with Crippen LogP contribution in [0.1, 0.15) is 5.69 Å². The summed E-state index contributed by atoms with van der Waals surface area (Å²) in [6, 6.07) is 2.83. The second kappa shape index (κ2) is 4.52. The fourth-order valence-electron chi connectivity index (χ4n) is 1.07. The third-order valence-electron chi connectivity index (χ3n) is 1.71. The largest absolute Gasteiger partial charge is 0.481 e. The summed E-state index contributed by atoms with van der Waals surface area (Å²) in [6.45, 7) is 0.320. The number of hydrogen-bond donors (Lipinski definition) is 1. The normalized spacial score (nSPS) is 9.86. The zero-order chi connectivity index (χ0) is 10.6. The van der Waals surface area contributed by atoms with Crippen molar-refractivity contribution in [3.8, 4) is 5.88 Å². The smallest absolute Gasteiger partial charge is 0.291 e. The number of aromatic nitrogens is 1. The Balaban J connectivity index is 3.10. The van der Waals surface area contributed by atoms with Gasteiger partial charge in [0.15, 0.2) is 0 Å². The van der Waals surface area contributed by atoms with Crippen molar-refractivity contribution in [3.63, 3.8) is 0 Å². The molecule has 6 nitrogen and oxygen atoms in total. The molecule has 0 saturated carbocycles. The lowest BCUT2D eigenvalue weighted by atomic mass is 10.2. The summed E-state index contributed by atoms with van der Waals surface area (Å²) in [7, 11) is 1.46. The predicted molar refractivity (Wildman–Crippen MR) is 50.2 cm³/mol. The molecule has 0 unspecified atom stereocenters. The molecule has 0 saturated heterocycles. The quantitative estimate of drug-likeness (QED) is 0.560. The Morgan fingerprint density at radius 1 is 1.64 bits per heavy atom. The van der Waals surface area contributed by atoms with Crippen LogP contribution in [0.15, 0.2) is 12.1 Å². The molecule has 0 aliphatic rings. The van der Waals surface area contributed by atoms with Crippen LogP contribution in [0.5, 0.6) is 5.88 Å². The molecule has 0 aliphatic heterocycles. The Kier molecular flexibility index (Phi) is 3.35. The van der Waals surface area contributed by atoms with E-state index in [0.29, 0.717) is 24.5 Å². The molecule has 2 N–H and O–H groups in total. The van der Waals surface area contributed by atoms with Gasteiger partial charge in [0.05, 0.1) is 12.0 Å². The number of nitro groups is 1. The fourth-order valence-corrected chi connectivity index (χ4v) is 1.07. The first-order valence-electron chi connectivity index (χ1n) is 4.07. The molecule has 0 atom stereocenters. The van der Waals surface area contributed by atoms with Crippen LogP contribution in [-0.2, 0) is 6.42 Å². The van der Waals surface area contributed by atoms with Crippen molar-refractivity contribution in [1.29, 1.82) is 0 Å². The van der Waals surface area contributed by atoms with Gasteiger partial charge >= 0.3 is 0 Å². The Hall–Kier alpha value is -1.69. The molecule has 0 bridgehead atoms. The lowest BCUT2D eigenvalue weighted by Gasteiger charge is -2.02. The van der Waals surface area contributed by atoms with Gasteiger partial charge in [0.1, 0.15) is 5.69 Å². The third-order valence-corrected chi connectivity index (χ3v) is 1.71. The van der Waals surface area contributed by atoms with Gasteiger partial charge in [-0.25, -0.2) is 4.98 Å². The second-order valence-electron chi connectivity index (χ2n) is 2.62. The number of hydrogen-bond acceptors (Lipinski definition) is 5. The van der Waals surface area contributed by atoms with E-state index in [1.54, 1.807) is 0 Å². The number of nitrogens with zero attached hydrogens (tertiary/aromatic N) is 2. The SMILES string of the molecule is COc1ccc([N+](=O)[O-])c(CCN)n1. The van der Waals surface area contributed by atoms with Gasteiger partial charge in [-0.2, -0.15) is 0 Å². The Morgan fingerprint density at radius 3 is 2.86 bits per heavy atom. The number of pyridine rings is 1. The molecule has 0 aliphatic carbocycles. The van der Waals surface area contributed by atoms with Crippen LogP contribution >= 0.6 is 0 Å². The van der Waals surface area contributed by atoms with Crippen LogP contribution in [0.25, 0.3) is 0 Å². The number of rotatable bonds is 4.